The fourth-order valence-electron chi connectivity index (χ4n) is 3.83. The highest BCUT2D eigenvalue weighted by Gasteiger charge is 2.50. The summed E-state index contributed by atoms with van der Waals surface area (Å²) in [6.45, 7) is -0.368. The molecule has 0 spiro atoms. The zero-order chi connectivity index (χ0) is 26.2. The van der Waals surface area contributed by atoms with E-state index in [9.17, 15) is 19.5 Å². The number of esters is 3. The summed E-state index contributed by atoms with van der Waals surface area (Å²) >= 11 is 0. The summed E-state index contributed by atoms with van der Waals surface area (Å²) in [5, 5.41) is 11.1. The molecule has 37 heavy (non-hydrogen) atoms. The molecule has 1 aliphatic rings. The molecule has 9 heteroatoms. The van der Waals surface area contributed by atoms with Crippen LogP contribution in [0.1, 0.15) is 31.1 Å². The van der Waals surface area contributed by atoms with Crippen molar-refractivity contribution in [3.05, 3.63) is 108 Å². The van der Waals surface area contributed by atoms with Gasteiger partial charge in [-0.15, -0.1) is 0 Å². The Balaban J connectivity index is 1.55. The average Bonchev–Trinajstić information content (AvgIpc) is 2.95. The summed E-state index contributed by atoms with van der Waals surface area (Å²) in [5.41, 5.74) is 0.798. The molecule has 0 amide bonds. The highest BCUT2D eigenvalue weighted by molar-refractivity contribution is 5.90. The lowest BCUT2D eigenvalue weighted by Gasteiger charge is -2.42. The van der Waals surface area contributed by atoms with Crippen LogP contribution in [0, 0.1) is 0 Å². The van der Waals surface area contributed by atoms with Gasteiger partial charge in [-0.3, -0.25) is 0 Å². The second kappa shape index (κ2) is 12.3. The summed E-state index contributed by atoms with van der Waals surface area (Å²) in [4.78, 5) is 38.1. The van der Waals surface area contributed by atoms with Gasteiger partial charge >= 0.3 is 17.9 Å². The molecular weight excluding hydrogens is 480 g/mol. The van der Waals surface area contributed by atoms with Gasteiger partial charge in [0, 0.05) is 7.11 Å². The van der Waals surface area contributed by atoms with Crippen molar-refractivity contribution in [2.45, 2.75) is 30.7 Å². The van der Waals surface area contributed by atoms with Crippen LogP contribution in [0.15, 0.2) is 91.0 Å². The minimum Gasteiger partial charge on any atom is -0.459 e. The monoisotopic (exact) mass is 506 g/mol. The molecule has 3 aromatic carbocycles. The predicted molar refractivity (Wildman–Crippen MR) is 130 cm³/mol. The molecule has 1 heterocycles. The van der Waals surface area contributed by atoms with Crippen LogP contribution in [-0.4, -0.2) is 67.4 Å². The highest BCUT2D eigenvalue weighted by atomic mass is 16.7. The molecular formula is C28H26O9. The first-order valence-electron chi connectivity index (χ1n) is 11.6. The van der Waals surface area contributed by atoms with Crippen LogP contribution in [0.5, 0.6) is 0 Å². The zero-order valence-corrected chi connectivity index (χ0v) is 20.0. The average molecular weight is 507 g/mol. The fraction of sp³-hybridized carbons (Fsp3) is 0.250. The minimum absolute atomic E-state index is 0.232. The van der Waals surface area contributed by atoms with Crippen molar-refractivity contribution in [1.82, 2.24) is 0 Å². The molecule has 1 saturated heterocycles. The number of rotatable bonds is 8. The van der Waals surface area contributed by atoms with Crippen molar-refractivity contribution in [1.29, 1.82) is 0 Å². The maximum atomic E-state index is 12.9. The van der Waals surface area contributed by atoms with Gasteiger partial charge in [-0.1, -0.05) is 54.6 Å². The van der Waals surface area contributed by atoms with Crippen molar-refractivity contribution in [3.63, 3.8) is 0 Å². The number of aliphatic hydroxyl groups excluding tert-OH is 1. The fourth-order valence-corrected chi connectivity index (χ4v) is 3.83. The Kier molecular flexibility index (Phi) is 8.63. The lowest BCUT2D eigenvalue weighted by atomic mass is 9.98. The quantitative estimate of drug-likeness (QED) is 0.363. The van der Waals surface area contributed by atoms with E-state index >= 15 is 0 Å². The van der Waals surface area contributed by atoms with Crippen LogP contribution >= 0.6 is 0 Å². The van der Waals surface area contributed by atoms with E-state index in [-0.39, 0.29) is 17.7 Å². The first-order valence-corrected chi connectivity index (χ1v) is 11.6. The van der Waals surface area contributed by atoms with Crippen molar-refractivity contribution in [2.75, 3.05) is 13.7 Å². The van der Waals surface area contributed by atoms with Gasteiger partial charge in [0.05, 0.1) is 16.7 Å². The van der Waals surface area contributed by atoms with Crippen LogP contribution in [0.25, 0.3) is 0 Å². The van der Waals surface area contributed by atoms with Crippen molar-refractivity contribution in [3.8, 4) is 0 Å². The molecule has 0 aliphatic carbocycles. The van der Waals surface area contributed by atoms with Crippen LogP contribution in [0.4, 0.5) is 0 Å². The molecule has 0 radical (unpaired) electrons. The second-order valence-electron chi connectivity index (χ2n) is 8.21. The van der Waals surface area contributed by atoms with E-state index in [0.29, 0.717) is 5.56 Å². The molecule has 4 rings (SSSR count). The van der Waals surface area contributed by atoms with Crippen LogP contribution in [-0.2, 0) is 23.7 Å². The van der Waals surface area contributed by atoms with Gasteiger partial charge < -0.3 is 28.8 Å². The van der Waals surface area contributed by atoms with E-state index in [0.717, 1.165) is 0 Å². The Morgan fingerprint density at radius 3 is 1.59 bits per heavy atom. The third kappa shape index (κ3) is 6.39. The van der Waals surface area contributed by atoms with Gasteiger partial charge in [0.25, 0.3) is 0 Å². The van der Waals surface area contributed by atoms with Gasteiger partial charge in [0.1, 0.15) is 18.8 Å². The first kappa shape index (κ1) is 26.0. The number of ether oxygens (including phenoxy) is 5. The Labute approximate surface area is 213 Å². The Morgan fingerprint density at radius 1 is 0.703 bits per heavy atom. The van der Waals surface area contributed by atoms with Crippen LogP contribution in [0.3, 0.4) is 0 Å². The summed E-state index contributed by atoms with van der Waals surface area (Å²) in [6, 6.07) is 24.7. The topological polar surface area (TPSA) is 118 Å². The number of benzene rings is 3. The van der Waals surface area contributed by atoms with Gasteiger partial charge in [-0.25, -0.2) is 14.4 Å². The number of methoxy groups -OCH3 is 1. The first-order chi connectivity index (χ1) is 18.0. The Morgan fingerprint density at radius 2 is 1.14 bits per heavy atom. The summed E-state index contributed by atoms with van der Waals surface area (Å²) in [6.07, 6.45) is -6.60. The molecule has 9 nitrogen and oxygen atoms in total. The molecule has 1 N–H and O–H groups in total. The lowest BCUT2D eigenvalue weighted by molar-refractivity contribution is -0.292. The van der Waals surface area contributed by atoms with Crippen molar-refractivity contribution >= 4 is 17.9 Å². The lowest BCUT2D eigenvalue weighted by Crippen LogP contribution is -2.61. The largest absolute Gasteiger partial charge is 0.459 e. The Bertz CT molecular complexity index is 1180. The predicted octanol–water partition coefficient (Wildman–Crippen LogP) is 3.03. The van der Waals surface area contributed by atoms with Crippen molar-refractivity contribution in [2.24, 2.45) is 0 Å². The van der Waals surface area contributed by atoms with E-state index in [1.165, 1.54) is 7.11 Å². The molecule has 0 aromatic heterocycles. The van der Waals surface area contributed by atoms with E-state index in [4.69, 9.17) is 23.7 Å². The third-order valence-corrected chi connectivity index (χ3v) is 5.74. The summed E-state index contributed by atoms with van der Waals surface area (Å²) in [7, 11) is 1.31. The maximum Gasteiger partial charge on any atom is 0.338 e. The second-order valence-corrected chi connectivity index (χ2v) is 8.21. The molecule has 5 atom stereocenters. The SMILES string of the molecule is CO[C@H]1OC(COC(=O)c2ccccc2)[C@H](O)C(OC(=O)c2ccccc2)C1OC(=O)c1ccccc1. The third-order valence-electron chi connectivity index (χ3n) is 5.74. The zero-order valence-electron chi connectivity index (χ0n) is 20.0. The molecule has 1 fully saturated rings. The van der Waals surface area contributed by atoms with Gasteiger partial charge in [0.2, 0.25) is 0 Å². The molecule has 3 unspecified atom stereocenters. The summed E-state index contributed by atoms with van der Waals surface area (Å²) < 4.78 is 27.7. The number of hydrogen-bond acceptors (Lipinski definition) is 9. The van der Waals surface area contributed by atoms with Gasteiger partial charge in [0.15, 0.2) is 18.5 Å². The van der Waals surface area contributed by atoms with E-state index in [1.807, 2.05) is 0 Å². The van der Waals surface area contributed by atoms with Gasteiger partial charge in [-0.05, 0) is 36.4 Å². The number of carbonyl (C=O) groups is 3. The maximum absolute atomic E-state index is 12.9. The molecule has 3 aromatic rings. The van der Waals surface area contributed by atoms with E-state index in [1.54, 1.807) is 91.0 Å². The van der Waals surface area contributed by atoms with Crippen LogP contribution < -0.4 is 0 Å². The van der Waals surface area contributed by atoms with E-state index < -0.39 is 48.6 Å². The van der Waals surface area contributed by atoms with E-state index in [2.05, 4.69) is 0 Å². The standard InChI is InChI=1S/C28H26O9/c1-33-28-24(37-27(32)20-15-9-4-10-16-20)23(36-26(31)19-13-7-3-8-14-19)22(29)21(35-28)17-34-25(30)18-11-5-2-6-12-18/h2-16,21-24,28-29H,17H2,1H3/t21?,22-,23?,24?,28-/m0/s1. The molecule has 1 aliphatic heterocycles. The minimum atomic E-state index is -1.52. The normalized spacial score (nSPS) is 23.0. The summed E-state index contributed by atoms with van der Waals surface area (Å²) in [5.74, 6) is -2.10. The Hall–Kier alpha value is -4.05. The molecule has 0 bridgehead atoms. The number of hydrogen-bond donors (Lipinski definition) is 1. The van der Waals surface area contributed by atoms with Crippen molar-refractivity contribution < 1.29 is 43.2 Å². The van der Waals surface area contributed by atoms with Gasteiger partial charge in [-0.2, -0.15) is 0 Å². The number of carbonyl (C=O) groups excluding carboxylic acids is 3. The smallest absolute Gasteiger partial charge is 0.338 e. The number of aliphatic hydroxyl groups is 1. The highest BCUT2D eigenvalue weighted by Crippen LogP contribution is 2.28. The van der Waals surface area contributed by atoms with Crippen LogP contribution in [0.2, 0.25) is 0 Å². The molecule has 0 saturated carbocycles. The molecule has 192 valence electrons.